The Morgan fingerprint density at radius 2 is 0.765 bits per heavy atom. The molecule has 1 heterocycles. The minimum Gasteiger partial charge on any atom is -0.135 e. The van der Waals surface area contributed by atoms with Crippen molar-refractivity contribution in [3.8, 4) is 33.4 Å². The van der Waals surface area contributed by atoms with E-state index in [1.54, 1.807) is 0 Å². The van der Waals surface area contributed by atoms with Crippen LogP contribution in [-0.2, 0) is 0 Å². The average molecular weight is 663 g/mol. The number of benzene rings is 10. The Labute approximate surface area is 299 Å². The molecule has 0 nitrogen and oxygen atoms in total. The highest BCUT2D eigenvalue weighted by Gasteiger charge is 2.18. The molecule has 0 N–H and O–H groups in total. The molecule has 236 valence electrons. The van der Waals surface area contributed by atoms with Crippen molar-refractivity contribution in [3.05, 3.63) is 182 Å². The molecule has 0 fully saturated rings. The van der Waals surface area contributed by atoms with Crippen LogP contribution in [0.15, 0.2) is 182 Å². The monoisotopic (exact) mass is 662 g/mol. The standard InChI is InChI=1S/C50H30S/c1-2-13-33-30-47-46(29-32(33)12-1)45-22-10-20-39(50(45)51-47)36-25-23-35-28-37(26-24-34(35)27-36)48-41-16-5-7-18-43(41)49(44-19-8-6-17-42(44)48)40-21-9-14-31-11-3-4-15-38(31)40/h1-30H. The molecule has 0 saturated heterocycles. The fourth-order valence-corrected chi connectivity index (χ4v) is 9.72. The molecule has 0 radical (unpaired) electrons. The predicted molar refractivity (Wildman–Crippen MR) is 223 cm³/mol. The molecule has 0 saturated carbocycles. The zero-order chi connectivity index (χ0) is 33.5. The molecule has 0 atom stereocenters. The lowest BCUT2D eigenvalue weighted by Gasteiger charge is -2.19. The van der Waals surface area contributed by atoms with E-state index in [0.29, 0.717) is 0 Å². The molecular weight excluding hydrogens is 633 g/mol. The third-order valence-electron chi connectivity index (χ3n) is 10.8. The van der Waals surface area contributed by atoms with Crippen LogP contribution in [-0.4, -0.2) is 0 Å². The number of thiophene rings is 1. The van der Waals surface area contributed by atoms with Crippen molar-refractivity contribution < 1.29 is 0 Å². The second kappa shape index (κ2) is 11.1. The second-order valence-electron chi connectivity index (χ2n) is 13.6. The molecule has 0 bridgehead atoms. The van der Waals surface area contributed by atoms with Crippen LogP contribution in [0, 0.1) is 0 Å². The van der Waals surface area contributed by atoms with E-state index in [4.69, 9.17) is 0 Å². The topological polar surface area (TPSA) is 0 Å². The van der Waals surface area contributed by atoms with Crippen molar-refractivity contribution in [3.63, 3.8) is 0 Å². The van der Waals surface area contributed by atoms with Gasteiger partial charge in [0.2, 0.25) is 0 Å². The van der Waals surface area contributed by atoms with Crippen LogP contribution in [0.5, 0.6) is 0 Å². The third kappa shape index (κ3) is 4.39. The lowest BCUT2D eigenvalue weighted by Crippen LogP contribution is -1.91. The fourth-order valence-electron chi connectivity index (χ4n) is 8.45. The van der Waals surface area contributed by atoms with Crippen molar-refractivity contribution in [2.75, 3.05) is 0 Å². The lowest BCUT2D eigenvalue weighted by atomic mass is 9.84. The van der Waals surface area contributed by atoms with Gasteiger partial charge in [0.15, 0.2) is 0 Å². The molecule has 11 rings (SSSR count). The maximum atomic E-state index is 2.39. The molecular formula is C50H30S. The third-order valence-corrected chi connectivity index (χ3v) is 12.0. The maximum absolute atomic E-state index is 2.39. The van der Waals surface area contributed by atoms with E-state index in [9.17, 15) is 0 Å². The van der Waals surface area contributed by atoms with Crippen LogP contribution in [0.1, 0.15) is 0 Å². The van der Waals surface area contributed by atoms with E-state index in [1.165, 1.54) is 107 Å². The lowest BCUT2D eigenvalue weighted by molar-refractivity contribution is 1.67. The number of hydrogen-bond donors (Lipinski definition) is 0. The minimum atomic E-state index is 1.24. The second-order valence-corrected chi connectivity index (χ2v) is 14.7. The van der Waals surface area contributed by atoms with Crippen LogP contribution in [0.2, 0.25) is 0 Å². The average Bonchev–Trinajstić information content (AvgIpc) is 3.56. The summed E-state index contributed by atoms with van der Waals surface area (Å²) in [7, 11) is 0. The van der Waals surface area contributed by atoms with Gasteiger partial charge in [0.05, 0.1) is 0 Å². The Balaban J connectivity index is 1.09. The summed E-state index contributed by atoms with van der Waals surface area (Å²) in [5, 5.41) is 15.4. The van der Waals surface area contributed by atoms with Crippen molar-refractivity contribution in [1.82, 2.24) is 0 Å². The van der Waals surface area contributed by atoms with Crippen molar-refractivity contribution in [2.24, 2.45) is 0 Å². The van der Waals surface area contributed by atoms with Crippen LogP contribution in [0.4, 0.5) is 0 Å². The molecule has 0 amide bonds. The molecule has 1 heteroatoms. The molecule has 11 aromatic rings. The Morgan fingerprint density at radius 3 is 1.49 bits per heavy atom. The first-order valence-corrected chi connectivity index (χ1v) is 18.4. The van der Waals surface area contributed by atoms with Gasteiger partial charge in [-0.3, -0.25) is 0 Å². The quantitative estimate of drug-likeness (QED) is 0.165. The van der Waals surface area contributed by atoms with E-state index in [2.05, 4.69) is 182 Å². The molecule has 10 aromatic carbocycles. The molecule has 51 heavy (non-hydrogen) atoms. The normalized spacial score (nSPS) is 11.9. The number of rotatable bonds is 3. The molecule has 0 aliphatic carbocycles. The summed E-state index contributed by atoms with van der Waals surface area (Å²) in [6, 6.07) is 67.5. The Bertz CT molecular complexity index is 3130. The summed E-state index contributed by atoms with van der Waals surface area (Å²) < 4.78 is 2.69. The van der Waals surface area contributed by atoms with Gasteiger partial charge in [0.1, 0.15) is 0 Å². The highest BCUT2D eigenvalue weighted by molar-refractivity contribution is 7.26. The fraction of sp³-hybridized carbons (Fsp3) is 0. The largest absolute Gasteiger partial charge is 0.135 e. The Morgan fingerprint density at radius 1 is 0.275 bits per heavy atom. The smallest absolute Gasteiger partial charge is 0.0433 e. The summed E-state index contributed by atoms with van der Waals surface area (Å²) in [4.78, 5) is 0. The van der Waals surface area contributed by atoms with E-state index < -0.39 is 0 Å². The first kappa shape index (κ1) is 28.5. The summed E-state index contributed by atoms with van der Waals surface area (Å²) in [6.07, 6.45) is 0. The van der Waals surface area contributed by atoms with Crippen molar-refractivity contribution in [2.45, 2.75) is 0 Å². The van der Waals surface area contributed by atoms with Crippen molar-refractivity contribution >= 4 is 85.4 Å². The zero-order valence-corrected chi connectivity index (χ0v) is 28.5. The van der Waals surface area contributed by atoms with Gasteiger partial charge in [-0.15, -0.1) is 11.3 Å². The van der Waals surface area contributed by atoms with Gasteiger partial charge in [-0.1, -0.05) is 158 Å². The van der Waals surface area contributed by atoms with Gasteiger partial charge in [0.25, 0.3) is 0 Å². The number of fused-ring (bicyclic) bond motifs is 8. The Kier molecular flexibility index (Phi) is 6.22. The summed E-state index contributed by atoms with van der Waals surface area (Å²) >= 11 is 1.91. The summed E-state index contributed by atoms with van der Waals surface area (Å²) in [5.41, 5.74) is 7.66. The van der Waals surface area contributed by atoms with E-state index >= 15 is 0 Å². The maximum Gasteiger partial charge on any atom is 0.0433 e. The van der Waals surface area contributed by atoms with Crippen LogP contribution < -0.4 is 0 Å². The molecule has 0 aliphatic heterocycles. The SMILES string of the molecule is c1ccc2cc3c(cc2c1)sc1c(-c2ccc4cc(-c5c6ccccc6c(-c6cccc7ccccc67)c6ccccc56)ccc4c2)cccc13. The molecule has 0 unspecified atom stereocenters. The molecule has 1 aromatic heterocycles. The van der Waals surface area contributed by atoms with E-state index in [0.717, 1.165) is 0 Å². The highest BCUT2D eigenvalue weighted by Crippen LogP contribution is 2.46. The van der Waals surface area contributed by atoms with Crippen LogP contribution in [0.3, 0.4) is 0 Å². The number of hydrogen-bond acceptors (Lipinski definition) is 1. The summed E-state index contributed by atoms with van der Waals surface area (Å²) in [5.74, 6) is 0. The van der Waals surface area contributed by atoms with Gasteiger partial charge in [0, 0.05) is 20.2 Å². The van der Waals surface area contributed by atoms with Gasteiger partial charge < -0.3 is 0 Å². The highest BCUT2D eigenvalue weighted by atomic mass is 32.1. The van der Waals surface area contributed by atoms with Gasteiger partial charge in [-0.2, -0.15) is 0 Å². The Hall–Kier alpha value is -6.28. The van der Waals surface area contributed by atoms with Crippen molar-refractivity contribution in [1.29, 1.82) is 0 Å². The van der Waals surface area contributed by atoms with Gasteiger partial charge in [-0.05, 0) is 112 Å². The first-order valence-electron chi connectivity index (χ1n) is 17.6. The van der Waals surface area contributed by atoms with E-state index in [-0.39, 0.29) is 0 Å². The zero-order valence-electron chi connectivity index (χ0n) is 27.7. The van der Waals surface area contributed by atoms with E-state index in [1.807, 2.05) is 11.3 Å². The van der Waals surface area contributed by atoms with Gasteiger partial charge in [-0.25, -0.2) is 0 Å². The minimum absolute atomic E-state index is 1.24. The molecule has 0 spiro atoms. The first-order chi connectivity index (χ1) is 25.3. The summed E-state index contributed by atoms with van der Waals surface area (Å²) in [6.45, 7) is 0. The predicted octanol–water partition coefficient (Wildman–Crippen LogP) is 14.8. The van der Waals surface area contributed by atoms with Gasteiger partial charge >= 0.3 is 0 Å². The molecule has 0 aliphatic rings. The van der Waals surface area contributed by atoms with Crippen LogP contribution in [0.25, 0.3) is 107 Å². The van der Waals surface area contributed by atoms with Crippen LogP contribution >= 0.6 is 11.3 Å².